The van der Waals surface area contributed by atoms with Gasteiger partial charge in [0.25, 0.3) is 0 Å². The van der Waals surface area contributed by atoms with Crippen molar-refractivity contribution in [2.24, 2.45) is 45.1 Å². The van der Waals surface area contributed by atoms with Gasteiger partial charge in [-0.1, -0.05) is 30.7 Å². The number of aliphatic hydroxyl groups excluding tert-OH is 1. The molecule has 414 valence electrons. The molecule has 27 nitrogen and oxygen atoms in total. The van der Waals surface area contributed by atoms with Crippen molar-refractivity contribution in [2.45, 2.75) is 132 Å². The van der Waals surface area contributed by atoms with E-state index in [0.717, 1.165) is 6.07 Å². The van der Waals surface area contributed by atoms with Crippen LogP contribution in [0.2, 0.25) is 0 Å². The quantitative estimate of drug-likeness (QED) is 0.0132. The number of guanidine groups is 1. The van der Waals surface area contributed by atoms with Crippen molar-refractivity contribution < 1.29 is 57.8 Å². The Morgan fingerprint density at radius 1 is 0.784 bits per heavy atom. The molecule has 1 aliphatic heterocycles. The van der Waals surface area contributed by atoms with Gasteiger partial charge in [0.15, 0.2) is 5.96 Å². The number of carboxylic acid groups (broad SMARTS) is 1. The summed E-state index contributed by atoms with van der Waals surface area (Å²) in [4.78, 5) is 125. The van der Waals surface area contributed by atoms with E-state index in [1.807, 2.05) is 0 Å². The average molecular weight is 1050 g/mol. The zero-order chi connectivity index (χ0) is 55.3. The van der Waals surface area contributed by atoms with Gasteiger partial charge in [-0.05, 0) is 102 Å². The van der Waals surface area contributed by atoms with Crippen LogP contribution in [0.3, 0.4) is 0 Å². The van der Waals surface area contributed by atoms with Crippen LogP contribution in [0.15, 0.2) is 41.0 Å². The normalized spacial score (nSPS) is 16.2. The van der Waals surface area contributed by atoms with Crippen LogP contribution in [-0.4, -0.2) is 169 Å². The molecule has 0 bridgehead atoms. The van der Waals surface area contributed by atoms with Crippen LogP contribution in [0.4, 0.5) is 4.39 Å². The topological polar surface area (TPSA) is 476 Å². The summed E-state index contributed by atoms with van der Waals surface area (Å²) in [5, 5.41) is 37.3. The molecular weight excluding hydrogens is 972 g/mol. The fraction of sp³-hybridized carbons (Fsp3) is 0.609. The maximum atomic E-state index is 15.1. The number of nitrogens with two attached hydrogens (primary N) is 7. The van der Waals surface area contributed by atoms with Crippen LogP contribution in [0, 0.1) is 5.82 Å². The van der Waals surface area contributed by atoms with E-state index < -0.39 is 133 Å². The fourth-order valence-corrected chi connectivity index (χ4v) is 7.60. The van der Waals surface area contributed by atoms with Crippen molar-refractivity contribution >= 4 is 59.2 Å². The van der Waals surface area contributed by atoms with Crippen LogP contribution in [0.1, 0.15) is 83.1 Å². The summed E-state index contributed by atoms with van der Waals surface area (Å²) in [7, 11) is 0. The third-order valence-electron chi connectivity index (χ3n) is 11.7. The number of amides is 8. The number of likely N-dealkylation sites (tertiary alicyclic amines) is 1. The molecule has 8 atom stereocenters. The molecule has 1 saturated heterocycles. The monoisotopic (exact) mass is 1050 g/mol. The van der Waals surface area contributed by atoms with Crippen LogP contribution in [-0.2, 0) is 49.6 Å². The summed E-state index contributed by atoms with van der Waals surface area (Å²) in [6, 6.07) is -3.75. The lowest BCUT2D eigenvalue weighted by Gasteiger charge is -2.30. The first-order chi connectivity index (χ1) is 35.2. The third-order valence-corrected chi connectivity index (χ3v) is 11.7. The maximum Gasteiger partial charge on any atom is 0.352 e. The van der Waals surface area contributed by atoms with Gasteiger partial charge >= 0.3 is 5.97 Å². The molecule has 1 heterocycles. The minimum atomic E-state index is -1.58. The van der Waals surface area contributed by atoms with Crippen molar-refractivity contribution in [1.29, 1.82) is 0 Å². The number of carbonyl (C=O) groups excluding carboxylic acids is 8. The maximum absolute atomic E-state index is 15.1. The zero-order valence-corrected chi connectivity index (χ0v) is 41.8. The van der Waals surface area contributed by atoms with Crippen LogP contribution < -0.4 is 77.4 Å². The number of aliphatic imine (C=N–C) groups is 1. The smallest absolute Gasteiger partial charge is 0.352 e. The molecule has 1 fully saturated rings. The number of aliphatic carboxylic acids is 1. The Hall–Kier alpha value is -6.85. The molecule has 28 heteroatoms. The van der Waals surface area contributed by atoms with Gasteiger partial charge in [0.2, 0.25) is 47.3 Å². The van der Waals surface area contributed by atoms with Crippen molar-refractivity contribution in [3.05, 3.63) is 47.4 Å². The van der Waals surface area contributed by atoms with Crippen molar-refractivity contribution in [3.8, 4) is 0 Å². The SMILES string of the molecule is C[C@H](NC(=O)[C@@H](NC(=O)[C@@H](N)CCCCN)[C@@H](O)CN)C(=O)NCC(=O)N[C@H](CCCN)C(=O)N1CCC[C@H]1C(=O)NC(Cc1ccccc1F)C(=O)N[C@@H](CCCCN)C(=O)N/C(=C\CCN=C(N)N)C(=O)O. The van der Waals surface area contributed by atoms with Gasteiger partial charge in [-0.3, -0.25) is 43.3 Å². The Morgan fingerprint density at radius 3 is 2.05 bits per heavy atom. The standard InChI is InChI=1S/C46H77FN16O11/c1-26(57-43(71)37(35(64)24-51)62-39(67)29(52)13-4-6-18-48)38(66)56-25-36(65)58-31(15-8-20-50)44(72)63-22-10-17-34(63)42(70)61-33(23-27-11-2-3-12-28(27)47)41(69)59-30(14-5-7-19-49)40(68)60-32(45(73)74)16-9-21-55-46(53)54/h2-3,11-12,16,26,29-31,33-35,37,64H,4-10,13-15,17-25,48-52H2,1H3,(H,56,66)(H,57,71)(H,58,65)(H,59,69)(H,60,68)(H,61,70)(H,62,67)(H,73,74)(H4,53,54,55)/b32-16-/t26-,29-,30-,31+,33?,34-,35-,37-/m0/s1. The lowest BCUT2D eigenvalue weighted by atomic mass is 10.0. The number of halogens is 1. The Labute approximate surface area is 428 Å². The molecule has 1 aromatic carbocycles. The number of nitrogens with zero attached hydrogens (tertiary/aromatic N) is 2. The first-order valence-corrected chi connectivity index (χ1v) is 24.5. The lowest BCUT2D eigenvalue weighted by molar-refractivity contribution is -0.142. The van der Waals surface area contributed by atoms with Gasteiger partial charge < -0.3 is 92.5 Å². The van der Waals surface area contributed by atoms with Crippen molar-refractivity contribution in [1.82, 2.24) is 42.1 Å². The van der Waals surface area contributed by atoms with Gasteiger partial charge in [0.1, 0.15) is 47.8 Å². The molecule has 74 heavy (non-hydrogen) atoms. The molecule has 8 amide bonds. The largest absolute Gasteiger partial charge is 0.477 e. The zero-order valence-electron chi connectivity index (χ0n) is 41.8. The number of carboxylic acids is 1. The summed E-state index contributed by atoms with van der Waals surface area (Å²) in [6.45, 7) is 0.998. The summed E-state index contributed by atoms with van der Waals surface area (Å²) in [5.74, 6) is -9.14. The number of nitrogens with one attached hydrogen (secondary N) is 7. The van der Waals surface area contributed by atoms with Gasteiger partial charge in [-0.25, -0.2) is 9.18 Å². The van der Waals surface area contributed by atoms with Crippen LogP contribution >= 0.6 is 0 Å². The van der Waals surface area contributed by atoms with E-state index in [1.54, 1.807) is 0 Å². The Bertz CT molecular complexity index is 2110. The van der Waals surface area contributed by atoms with E-state index in [1.165, 1.54) is 36.1 Å². The highest BCUT2D eigenvalue weighted by atomic mass is 19.1. The van der Waals surface area contributed by atoms with Gasteiger partial charge in [-0.15, -0.1) is 0 Å². The number of rotatable bonds is 34. The molecule has 0 aliphatic carbocycles. The minimum absolute atomic E-state index is 0.00952. The number of unbranched alkanes of at least 4 members (excludes halogenated alkanes) is 2. The molecule has 23 N–H and O–H groups in total. The third kappa shape index (κ3) is 22.1. The predicted molar refractivity (Wildman–Crippen MR) is 269 cm³/mol. The number of carbonyl (C=O) groups is 9. The van der Waals surface area contributed by atoms with Crippen LogP contribution in [0.5, 0.6) is 0 Å². The molecule has 2 rings (SSSR count). The number of benzene rings is 1. The minimum Gasteiger partial charge on any atom is -0.477 e. The Morgan fingerprint density at radius 2 is 1.43 bits per heavy atom. The predicted octanol–water partition coefficient (Wildman–Crippen LogP) is -5.69. The number of hydrogen-bond donors (Lipinski definition) is 16. The summed E-state index contributed by atoms with van der Waals surface area (Å²) < 4.78 is 15.1. The molecule has 0 radical (unpaired) electrons. The molecule has 1 aliphatic rings. The molecule has 1 unspecified atom stereocenters. The first-order valence-electron chi connectivity index (χ1n) is 24.5. The molecule has 0 spiro atoms. The fourth-order valence-electron chi connectivity index (χ4n) is 7.60. The van der Waals surface area contributed by atoms with E-state index in [2.05, 4.69) is 42.2 Å². The molecule has 0 aromatic heterocycles. The Kier molecular flexibility index (Phi) is 28.9. The van der Waals surface area contributed by atoms with Gasteiger partial charge in [-0.2, -0.15) is 0 Å². The first kappa shape index (κ1) is 63.3. The second-order valence-electron chi connectivity index (χ2n) is 17.6. The highest BCUT2D eigenvalue weighted by molar-refractivity contribution is 5.99. The highest BCUT2D eigenvalue weighted by Crippen LogP contribution is 2.21. The van der Waals surface area contributed by atoms with Gasteiger partial charge in [0.05, 0.1) is 18.7 Å². The lowest BCUT2D eigenvalue weighted by Crippen LogP contribution is -2.60. The van der Waals surface area contributed by atoms with E-state index in [-0.39, 0.29) is 76.2 Å². The second kappa shape index (κ2) is 33.8. The second-order valence-corrected chi connectivity index (χ2v) is 17.6. The van der Waals surface area contributed by atoms with Gasteiger partial charge in [0, 0.05) is 26.1 Å². The molecular formula is C46H77FN16O11. The van der Waals surface area contributed by atoms with Crippen molar-refractivity contribution in [3.63, 3.8) is 0 Å². The summed E-state index contributed by atoms with van der Waals surface area (Å²) in [6.07, 6.45) is 2.12. The van der Waals surface area contributed by atoms with E-state index in [9.17, 15) is 53.4 Å². The average Bonchev–Trinajstić information content (AvgIpc) is 3.87. The molecule has 1 aromatic rings. The van der Waals surface area contributed by atoms with Crippen LogP contribution in [0.25, 0.3) is 0 Å². The van der Waals surface area contributed by atoms with E-state index in [4.69, 9.17) is 40.1 Å². The highest BCUT2D eigenvalue weighted by Gasteiger charge is 2.40. The Balaban J connectivity index is 2.26. The summed E-state index contributed by atoms with van der Waals surface area (Å²) in [5.41, 5.74) is 38.5. The number of aliphatic hydroxyl groups is 1. The van der Waals surface area contributed by atoms with E-state index in [0.29, 0.717) is 38.6 Å². The number of hydrogen-bond acceptors (Lipinski definition) is 16. The van der Waals surface area contributed by atoms with Crippen molar-refractivity contribution in [2.75, 3.05) is 45.8 Å². The summed E-state index contributed by atoms with van der Waals surface area (Å²) >= 11 is 0. The molecule has 0 saturated carbocycles. The van der Waals surface area contributed by atoms with E-state index >= 15 is 4.39 Å².